The minimum absolute atomic E-state index is 0. The van der Waals surface area contributed by atoms with Gasteiger partial charge in [0.25, 0.3) is 0 Å². The zero-order valence-electron chi connectivity index (χ0n) is 9.50. The fourth-order valence-corrected chi connectivity index (χ4v) is 1.28. The van der Waals surface area contributed by atoms with Crippen LogP contribution in [0.4, 0.5) is 8.78 Å². The molecule has 0 atom stereocenters. The molecule has 0 heterocycles. The summed E-state index contributed by atoms with van der Waals surface area (Å²) in [6.45, 7) is 0.00144. The molecule has 0 unspecified atom stereocenters. The van der Waals surface area contributed by atoms with Crippen LogP contribution in [0.3, 0.4) is 0 Å². The second-order valence-corrected chi connectivity index (χ2v) is 3.26. The molecule has 2 aromatic carbocycles. The Balaban J connectivity index is 0.00000144. The average Bonchev–Trinajstić information content (AvgIpc) is 2.32. The van der Waals surface area contributed by atoms with Crippen LogP contribution in [-0.4, -0.2) is 23.1 Å². The SMILES string of the molecule is Fc1ccc(F)c(COc2c[c-]ccc2)c1.[Br-].[Mg+2]. The predicted molar refractivity (Wildman–Crippen MR) is 61.7 cm³/mol. The third kappa shape index (κ3) is 4.92. The second kappa shape index (κ2) is 8.45. The molecule has 90 valence electrons. The first-order valence-corrected chi connectivity index (χ1v) is 4.78. The second-order valence-electron chi connectivity index (χ2n) is 3.26. The molecule has 0 saturated carbocycles. The summed E-state index contributed by atoms with van der Waals surface area (Å²) in [5.74, 6) is -0.368. The Morgan fingerprint density at radius 1 is 1.17 bits per heavy atom. The molecule has 0 aromatic heterocycles. The molecule has 0 fully saturated rings. The van der Waals surface area contributed by atoms with Crippen molar-refractivity contribution in [2.75, 3.05) is 0 Å². The minimum Gasteiger partial charge on any atom is -1.00 e. The Morgan fingerprint density at radius 3 is 2.61 bits per heavy atom. The largest absolute Gasteiger partial charge is 2.00 e. The smallest absolute Gasteiger partial charge is 1.00 e. The summed E-state index contributed by atoms with van der Waals surface area (Å²) >= 11 is 0. The van der Waals surface area contributed by atoms with Gasteiger partial charge in [-0.15, -0.1) is 12.1 Å². The molecular weight excluding hydrogens is 314 g/mol. The monoisotopic (exact) mass is 322 g/mol. The average molecular weight is 323 g/mol. The van der Waals surface area contributed by atoms with Gasteiger partial charge in [0.1, 0.15) is 11.6 Å². The molecule has 0 aliphatic heterocycles. The number of ether oxygens (including phenoxy) is 1. The molecule has 0 saturated heterocycles. The zero-order chi connectivity index (χ0) is 11.4. The number of hydrogen-bond acceptors (Lipinski definition) is 1. The van der Waals surface area contributed by atoms with Crippen LogP contribution in [0.2, 0.25) is 0 Å². The molecule has 0 aliphatic rings. The predicted octanol–water partition coefficient (Wildman–Crippen LogP) is -0.0328. The first-order chi connectivity index (χ1) is 7.75. The van der Waals surface area contributed by atoms with Crippen molar-refractivity contribution in [2.45, 2.75) is 6.61 Å². The summed E-state index contributed by atoms with van der Waals surface area (Å²) in [5, 5.41) is 0. The van der Waals surface area contributed by atoms with E-state index in [4.69, 9.17) is 4.74 Å². The van der Waals surface area contributed by atoms with Crippen molar-refractivity contribution in [1.82, 2.24) is 0 Å². The summed E-state index contributed by atoms with van der Waals surface area (Å²) < 4.78 is 31.4. The molecule has 2 rings (SSSR count). The number of halogens is 3. The van der Waals surface area contributed by atoms with Crippen LogP contribution in [0.25, 0.3) is 0 Å². The maximum absolute atomic E-state index is 13.2. The summed E-state index contributed by atoms with van der Waals surface area (Å²) in [6.07, 6.45) is 0. The van der Waals surface area contributed by atoms with Crippen molar-refractivity contribution in [3.8, 4) is 5.75 Å². The molecule has 0 N–H and O–H groups in total. The van der Waals surface area contributed by atoms with E-state index >= 15 is 0 Å². The first kappa shape index (κ1) is 17.3. The van der Waals surface area contributed by atoms with Gasteiger partial charge in [0, 0.05) is 11.3 Å². The van der Waals surface area contributed by atoms with Gasteiger partial charge in [-0.1, -0.05) is 0 Å². The quantitative estimate of drug-likeness (QED) is 0.569. The fourth-order valence-electron chi connectivity index (χ4n) is 1.28. The van der Waals surface area contributed by atoms with Gasteiger partial charge >= 0.3 is 23.1 Å². The molecule has 0 aliphatic carbocycles. The van der Waals surface area contributed by atoms with E-state index in [-0.39, 0.29) is 52.2 Å². The van der Waals surface area contributed by atoms with Crippen molar-refractivity contribution >= 4 is 23.1 Å². The van der Waals surface area contributed by atoms with E-state index in [1.807, 2.05) is 0 Å². The maximum Gasteiger partial charge on any atom is 2.00 e. The molecular formula is C13H9BrF2MgO. The Hall–Kier alpha value is -0.654. The molecule has 18 heavy (non-hydrogen) atoms. The number of benzene rings is 2. The van der Waals surface area contributed by atoms with Gasteiger partial charge in [-0.25, -0.2) is 8.78 Å². The number of rotatable bonds is 3. The fraction of sp³-hybridized carbons (Fsp3) is 0.0769. The maximum atomic E-state index is 13.2. The van der Waals surface area contributed by atoms with Crippen molar-refractivity contribution in [3.63, 3.8) is 0 Å². The zero-order valence-corrected chi connectivity index (χ0v) is 12.5. The van der Waals surface area contributed by atoms with Crippen LogP contribution in [0.1, 0.15) is 5.56 Å². The van der Waals surface area contributed by atoms with E-state index in [0.29, 0.717) is 5.75 Å². The van der Waals surface area contributed by atoms with E-state index in [9.17, 15) is 8.78 Å². The van der Waals surface area contributed by atoms with Gasteiger partial charge in [-0.3, -0.25) is 0 Å². The molecule has 5 heteroatoms. The summed E-state index contributed by atoms with van der Waals surface area (Å²) in [6, 6.07) is 13.0. The van der Waals surface area contributed by atoms with Gasteiger partial charge in [-0.2, -0.15) is 18.2 Å². The number of hydrogen-bond donors (Lipinski definition) is 0. The van der Waals surface area contributed by atoms with Crippen LogP contribution in [-0.2, 0) is 6.61 Å². The third-order valence-electron chi connectivity index (χ3n) is 2.08. The van der Waals surface area contributed by atoms with E-state index in [1.54, 1.807) is 24.3 Å². The first-order valence-electron chi connectivity index (χ1n) is 4.78. The van der Waals surface area contributed by atoms with Gasteiger partial charge in [-0.05, 0) is 18.2 Å². The van der Waals surface area contributed by atoms with Crippen molar-refractivity contribution in [3.05, 3.63) is 65.7 Å². The van der Waals surface area contributed by atoms with E-state index in [1.165, 1.54) is 0 Å². The van der Waals surface area contributed by atoms with Crippen LogP contribution in [0.5, 0.6) is 5.75 Å². The molecule has 0 bridgehead atoms. The van der Waals surface area contributed by atoms with Crippen molar-refractivity contribution in [1.29, 1.82) is 0 Å². The van der Waals surface area contributed by atoms with Crippen LogP contribution in [0, 0.1) is 17.7 Å². The summed E-state index contributed by atoms with van der Waals surface area (Å²) in [5.41, 5.74) is 0.198. The normalized spacial score (nSPS) is 9.00. The van der Waals surface area contributed by atoms with E-state index < -0.39 is 11.6 Å². The molecule has 1 nitrogen and oxygen atoms in total. The Labute approximate surface area is 131 Å². The molecule has 0 spiro atoms. The van der Waals surface area contributed by atoms with Gasteiger partial charge in [0.2, 0.25) is 0 Å². The third-order valence-corrected chi connectivity index (χ3v) is 2.08. The molecule has 0 amide bonds. The van der Waals surface area contributed by atoms with Gasteiger partial charge in [0.15, 0.2) is 0 Å². The molecule has 0 radical (unpaired) electrons. The summed E-state index contributed by atoms with van der Waals surface area (Å²) in [7, 11) is 0. The van der Waals surface area contributed by atoms with Gasteiger partial charge < -0.3 is 21.7 Å². The van der Waals surface area contributed by atoms with Crippen molar-refractivity contribution < 1.29 is 30.5 Å². The molecule has 2 aromatic rings. The Morgan fingerprint density at radius 2 is 1.94 bits per heavy atom. The van der Waals surface area contributed by atoms with E-state index in [0.717, 1.165) is 18.2 Å². The van der Waals surface area contributed by atoms with Crippen LogP contribution >= 0.6 is 0 Å². The Bertz CT molecular complexity index is 480. The topological polar surface area (TPSA) is 9.23 Å². The van der Waals surface area contributed by atoms with Crippen LogP contribution in [0.15, 0.2) is 42.5 Å². The standard InChI is InChI=1S/C13H9F2O.BrH.Mg/c14-11-6-7-13(15)10(8-11)9-16-12-4-2-1-3-5-12;;/h1-2,4-8H,9H2;1H;/q-1;;+2/p-1. The Kier molecular flexibility index (Phi) is 8.14. The van der Waals surface area contributed by atoms with E-state index in [2.05, 4.69) is 6.07 Å². The summed E-state index contributed by atoms with van der Waals surface area (Å²) in [4.78, 5) is 0. The minimum atomic E-state index is -0.473. The van der Waals surface area contributed by atoms with Crippen LogP contribution < -0.4 is 21.7 Å². The van der Waals surface area contributed by atoms with Gasteiger partial charge in [0.05, 0.1) is 6.61 Å². The van der Waals surface area contributed by atoms with Crippen molar-refractivity contribution in [2.24, 2.45) is 0 Å².